The number of rotatable bonds is 2. The number of hydrogen-bond donors (Lipinski definition) is 0. The van der Waals surface area contributed by atoms with Crippen LogP contribution in [-0.4, -0.2) is 30.9 Å². The monoisotopic (exact) mass is 341 g/mol. The Morgan fingerprint density at radius 2 is 2.15 bits per heavy atom. The summed E-state index contributed by atoms with van der Waals surface area (Å²) < 4.78 is 19.4. The van der Waals surface area contributed by atoms with E-state index in [1.54, 1.807) is 0 Å². The van der Waals surface area contributed by atoms with E-state index in [-0.39, 0.29) is 11.7 Å². The average Bonchev–Trinajstić information content (AvgIpc) is 2.65. The summed E-state index contributed by atoms with van der Waals surface area (Å²) in [6, 6.07) is 2.38. The molecule has 1 aromatic rings. The van der Waals surface area contributed by atoms with Gasteiger partial charge in [0.2, 0.25) is 0 Å². The van der Waals surface area contributed by atoms with Gasteiger partial charge in [0.1, 0.15) is 5.82 Å². The van der Waals surface area contributed by atoms with Crippen LogP contribution in [0.2, 0.25) is 0 Å². The van der Waals surface area contributed by atoms with E-state index in [1.807, 2.05) is 0 Å². The van der Waals surface area contributed by atoms with Crippen LogP contribution in [-0.2, 0) is 9.53 Å². The van der Waals surface area contributed by atoms with Crippen molar-refractivity contribution in [3.8, 4) is 0 Å². The topological polar surface area (TPSA) is 46.6 Å². The number of carbonyl (C=O) groups is 2. The van der Waals surface area contributed by atoms with Gasteiger partial charge in [0.25, 0.3) is 11.7 Å². The van der Waals surface area contributed by atoms with Gasteiger partial charge in [0, 0.05) is 11.1 Å². The number of halogens is 2. The molecule has 0 spiro atoms. The van der Waals surface area contributed by atoms with E-state index in [1.165, 1.54) is 11.0 Å². The van der Waals surface area contributed by atoms with Crippen molar-refractivity contribution in [2.45, 2.75) is 25.4 Å². The molecule has 0 bridgehead atoms. The molecule has 0 saturated carbocycles. The number of fused-ring (bicyclic) bond motifs is 1. The van der Waals surface area contributed by atoms with Crippen LogP contribution >= 0.6 is 15.9 Å². The molecule has 2 aliphatic heterocycles. The molecular weight excluding hydrogens is 329 g/mol. The van der Waals surface area contributed by atoms with Gasteiger partial charge in [-0.1, -0.05) is 0 Å². The first-order valence-corrected chi connectivity index (χ1v) is 7.34. The molecule has 2 heterocycles. The highest BCUT2D eigenvalue weighted by molar-refractivity contribution is 9.10. The lowest BCUT2D eigenvalue weighted by Gasteiger charge is -2.27. The summed E-state index contributed by atoms with van der Waals surface area (Å²) in [5.74, 6) is -1.80. The molecule has 3 rings (SSSR count). The van der Waals surface area contributed by atoms with Gasteiger partial charge in [-0.05, 0) is 47.3 Å². The molecule has 1 unspecified atom stereocenters. The van der Waals surface area contributed by atoms with Crippen molar-refractivity contribution in [3.63, 3.8) is 0 Å². The van der Waals surface area contributed by atoms with Crippen LogP contribution in [0, 0.1) is 5.82 Å². The van der Waals surface area contributed by atoms with Crippen LogP contribution in [0.4, 0.5) is 10.1 Å². The molecule has 2 aliphatic rings. The quantitative estimate of drug-likeness (QED) is 0.777. The van der Waals surface area contributed by atoms with E-state index >= 15 is 0 Å². The van der Waals surface area contributed by atoms with Gasteiger partial charge in [-0.2, -0.15) is 0 Å². The SMILES string of the molecule is O=C1C(=O)N(CC2CCCCO2)c2c(Br)cc(F)cc21. The third kappa shape index (κ3) is 2.27. The number of ketones is 1. The van der Waals surface area contributed by atoms with Crippen LogP contribution in [0.1, 0.15) is 29.6 Å². The van der Waals surface area contributed by atoms with Crippen molar-refractivity contribution in [3.05, 3.63) is 28.0 Å². The van der Waals surface area contributed by atoms with Crippen LogP contribution in [0.3, 0.4) is 0 Å². The second kappa shape index (κ2) is 5.26. The van der Waals surface area contributed by atoms with Gasteiger partial charge < -0.3 is 9.64 Å². The van der Waals surface area contributed by atoms with Crippen LogP contribution in [0.15, 0.2) is 16.6 Å². The van der Waals surface area contributed by atoms with Gasteiger partial charge in [0.05, 0.1) is 23.9 Å². The van der Waals surface area contributed by atoms with Crippen molar-refractivity contribution in [2.75, 3.05) is 18.1 Å². The van der Waals surface area contributed by atoms with Crippen molar-refractivity contribution in [1.82, 2.24) is 0 Å². The average molecular weight is 342 g/mol. The van der Waals surface area contributed by atoms with E-state index in [4.69, 9.17) is 4.74 Å². The molecular formula is C14H13BrFNO3. The maximum atomic E-state index is 13.4. The molecule has 4 nitrogen and oxygen atoms in total. The molecule has 0 N–H and O–H groups in total. The summed E-state index contributed by atoms with van der Waals surface area (Å²) in [6.07, 6.45) is 2.88. The second-order valence-electron chi connectivity index (χ2n) is 5.02. The molecule has 1 atom stereocenters. The van der Waals surface area contributed by atoms with Crippen molar-refractivity contribution in [2.24, 2.45) is 0 Å². The third-order valence-corrected chi connectivity index (χ3v) is 4.25. The van der Waals surface area contributed by atoms with Gasteiger partial charge in [-0.15, -0.1) is 0 Å². The Bertz CT molecular complexity index is 584. The lowest BCUT2D eigenvalue weighted by atomic mass is 10.1. The fourth-order valence-electron chi connectivity index (χ4n) is 2.68. The molecule has 0 aliphatic carbocycles. The molecule has 6 heteroatoms. The molecule has 1 amide bonds. The minimum Gasteiger partial charge on any atom is -0.376 e. The smallest absolute Gasteiger partial charge is 0.299 e. The van der Waals surface area contributed by atoms with Crippen LogP contribution in [0.25, 0.3) is 0 Å². The zero-order valence-electron chi connectivity index (χ0n) is 10.7. The van der Waals surface area contributed by atoms with E-state index in [0.29, 0.717) is 23.3 Å². The van der Waals surface area contributed by atoms with E-state index in [9.17, 15) is 14.0 Å². The van der Waals surface area contributed by atoms with Crippen molar-refractivity contribution >= 4 is 33.3 Å². The number of hydrogen-bond acceptors (Lipinski definition) is 3. The highest BCUT2D eigenvalue weighted by Gasteiger charge is 2.39. The number of Topliss-reactive ketones (excluding diaryl/α,β-unsaturated/α-hetero) is 1. The minimum atomic E-state index is -0.656. The fourth-order valence-corrected chi connectivity index (χ4v) is 3.33. The third-order valence-electron chi connectivity index (χ3n) is 3.64. The molecule has 0 aromatic heterocycles. The maximum absolute atomic E-state index is 13.4. The van der Waals surface area contributed by atoms with Gasteiger partial charge >= 0.3 is 0 Å². The maximum Gasteiger partial charge on any atom is 0.299 e. The summed E-state index contributed by atoms with van der Waals surface area (Å²) in [5, 5.41) is 0. The predicted octanol–water partition coefficient (Wildman–Crippen LogP) is 2.69. The largest absolute Gasteiger partial charge is 0.376 e. The number of ether oxygens (including phenoxy) is 1. The number of benzene rings is 1. The van der Waals surface area contributed by atoms with Gasteiger partial charge in [-0.25, -0.2) is 4.39 Å². The number of nitrogens with zero attached hydrogens (tertiary/aromatic N) is 1. The first-order chi connectivity index (χ1) is 9.58. The Morgan fingerprint density at radius 1 is 1.35 bits per heavy atom. The van der Waals surface area contributed by atoms with Crippen molar-refractivity contribution in [1.29, 1.82) is 0 Å². The van der Waals surface area contributed by atoms with E-state index in [0.717, 1.165) is 25.3 Å². The Labute approximate surface area is 124 Å². The first-order valence-electron chi connectivity index (χ1n) is 6.55. The normalized spacial score (nSPS) is 22.3. The highest BCUT2D eigenvalue weighted by Crippen LogP contribution is 2.37. The summed E-state index contributed by atoms with van der Waals surface area (Å²) in [7, 11) is 0. The first kappa shape index (κ1) is 13.7. The second-order valence-corrected chi connectivity index (χ2v) is 5.87. The summed E-state index contributed by atoms with van der Waals surface area (Å²) in [6.45, 7) is 1.01. The molecule has 1 aromatic carbocycles. The van der Waals surface area contributed by atoms with Crippen LogP contribution in [0.5, 0.6) is 0 Å². The lowest BCUT2D eigenvalue weighted by Crippen LogP contribution is -2.39. The van der Waals surface area contributed by atoms with Gasteiger partial charge in [0.15, 0.2) is 0 Å². The van der Waals surface area contributed by atoms with E-state index in [2.05, 4.69) is 15.9 Å². The zero-order valence-corrected chi connectivity index (χ0v) is 12.3. The highest BCUT2D eigenvalue weighted by atomic mass is 79.9. The Balaban J connectivity index is 1.93. The summed E-state index contributed by atoms with van der Waals surface area (Å²) in [4.78, 5) is 25.4. The number of amides is 1. The summed E-state index contributed by atoms with van der Waals surface area (Å²) >= 11 is 3.23. The molecule has 0 radical (unpaired) electrons. The number of anilines is 1. The van der Waals surface area contributed by atoms with Crippen molar-refractivity contribution < 1.29 is 18.7 Å². The zero-order chi connectivity index (χ0) is 14.3. The lowest BCUT2D eigenvalue weighted by molar-refractivity contribution is -0.114. The minimum absolute atomic E-state index is 0.0663. The Morgan fingerprint density at radius 3 is 2.85 bits per heavy atom. The Hall–Kier alpha value is -1.27. The Kier molecular flexibility index (Phi) is 3.60. The molecule has 1 saturated heterocycles. The molecule has 20 heavy (non-hydrogen) atoms. The van der Waals surface area contributed by atoms with Crippen LogP contribution < -0.4 is 4.90 Å². The van der Waals surface area contributed by atoms with Gasteiger partial charge in [-0.3, -0.25) is 9.59 Å². The standard InChI is InChI=1S/C14H13BrFNO3/c15-11-6-8(16)5-10-12(11)17(14(19)13(10)18)7-9-3-1-2-4-20-9/h5-6,9H,1-4,7H2. The fraction of sp³-hybridized carbons (Fsp3) is 0.429. The molecule has 106 valence electrons. The molecule has 1 fully saturated rings. The summed E-state index contributed by atoms with van der Waals surface area (Å²) in [5.41, 5.74) is 0.577. The predicted molar refractivity (Wildman–Crippen MR) is 74.4 cm³/mol. The number of carbonyl (C=O) groups excluding carboxylic acids is 2. The van der Waals surface area contributed by atoms with E-state index < -0.39 is 17.5 Å².